The second-order valence-electron chi connectivity index (χ2n) is 3.73. The van der Waals surface area contributed by atoms with Gasteiger partial charge in [0.2, 0.25) is 11.8 Å². The first kappa shape index (κ1) is 17.8. The van der Waals surface area contributed by atoms with Crippen molar-refractivity contribution >= 4 is 36.0 Å². The van der Waals surface area contributed by atoms with Gasteiger partial charge >= 0.3 is 0 Å². The SMILES string of the molecule is Cl.NC(=O)CC(N)C(=O)NCCSc1ccccc1. The number of nitrogens with two attached hydrogens (primary N) is 2. The highest BCUT2D eigenvalue weighted by Crippen LogP contribution is 2.15. The molecule has 5 nitrogen and oxygen atoms in total. The zero-order valence-corrected chi connectivity index (χ0v) is 12.0. The number of carbonyl (C=O) groups excluding carboxylic acids is 2. The normalized spacial score (nSPS) is 11.2. The molecule has 0 bridgehead atoms. The van der Waals surface area contributed by atoms with E-state index in [-0.39, 0.29) is 24.7 Å². The van der Waals surface area contributed by atoms with Crippen LogP contribution in [0.25, 0.3) is 0 Å². The van der Waals surface area contributed by atoms with E-state index in [0.717, 1.165) is 10.6 Å². The van der Waals surface area contributed by atoms with E-state index in [2.05, 4.69) is 5.32 Å². The lowest BCUT2D eigenvalue weighted by molar-refractivity contribution is -0.126. The van der Waals surface area contributed by atoms with Gasteiger partial charge in [-0.25, -0.2) is 0 Å². The molecule has 0 heterocycles. The molecule has 7 heteroatoms. The van der Waals surface area contributed by atoms with E-state index >= 15 is 0 Å². The van der Waals surface area contributed by atoms with Crippen molar-refractivity contribution in [3.63, 3.8) is 0 Å². The van der Waals surface area contributed by atoms with Gasteiger partial charge in [0.15, 0.2) is 0 Å². The number of benzene rings is 1. The largest absolute Gasteiger partial charge is 0.370 e. The molecule has 106 valence electrons. The predicted molar refractivity (Wildman–Crippen MR) is 79.2 cm³/mol. The number of rotatable bonds is 7. The molecule has 1 rings (SSSR count). The molecular weight excluding hydrogens is 286 g/mol. The lowest BCUT2D eigenvalue weighted by Gasteiger charge is -2.10. The lowest BCUT2D eigenvalue weighted by atomic mass is 10.2. The summed E-state index contributed by atoms with van der Waals surface area (Å²) in [5.41, 5.74) is 10.5. The number of thioether (sulfide) groups is 1. The third-order valence-corrected chi connectivity index (χ3v) is 3.18. The summed E-state index contributed by atoms with van der Waals surface area (Å²) in [6.07, 6.45) is -0.127. The molecule has 1 aromatic rings. The molecule has 0 aromatic heterocycles. The third kappa shape index (κ3) is 7.71. The average Bonchev–Trinajstić information content (AvgIpc) is 2.34. The zero-order chi connectivity index (χ0) is 13.4. The van der Waals surface area contributed by atoms with E-state index in [0.29, 0.717) is 6.54 Å². The Morgan fingerprint density at radius 2 is 1.89 bits per heavy atom. The highest BCUT2D eigenvalue weighted by atomic mass is 35.5. The number of amides is 2. The van der Waals surface area contributed by atoms with Gasteiger partial charge in [-0.2, -0.15) is 0 Å². The molecule has 0 saturated carbocycles. The Hall–Kier alpha value is -1.24. The summed E-state index contributed by atoms with van der Waals surface area (Å²) in [5, 5.41) is 2.67. The van der Waals surface area contributed by atoms with Crippen LogP contribution in [0.3, 0.4) is 0 Å². The maximum absolute atomic E-state index is 11.4. The first-order valence-corrected chi connectivity index (χ1v) is 6.57. The number of halogens is 1. The van der Waals surface area contributed by atoms with Gasteiger partial charge in [0, 0.05) is 17.2 Å². The van der Waals surface area contributed by atoms with Crippen molar-refractivity contribution in [2.24, 2.45) is 11.5 Å². The third-order valence-electron chi connectivity index (χ3n) is 2.17. The van der Waals surface area contributed by atoms with Crippen molar-refractivity contribution < 1.29 is 9.59 Å². The summed E-state index contributed by atoms with van der Waals surface area (Å²) >= 11 is 1.64. The fourth-order valence-electron chi connectivity index (χ4n) is 1.30. The molecule has 0 fully saturated rings. The van der Waals surface area contributed by atoms with Crippen LogP contribution in [0.15, 0.2) is 35.2 Å². The van der Waals surface area contributed by atoms with Gasteiger partial charge in [-0.15, -0.1) is 24.2 Å². The van der Waals surface area contributed by atoms with Crippen LogP contribution in [0.4, 0.5) is 0 Å². The average molecular weight is 304 g/mol. The zero-order valence-electron chi connectivity index (χ0n) is 10.4. The van der Waals surface area contributed by atoms with Gasteiger partial charge in [-0.1, -0.05) is 18.2 Å². The second kappa shape index (κ2) is 9.66. The van der Waals surface area contributed by atoms with Gasteiger partial charge < -0.3 is 16.8 Å². The lowest BCUT2D eigenvalue weighted by Crippen LogP contribution is -2.43. The molecule has 0 radical (unpaired) electrons. The van der Waals surface area contributed by atoms with Crippen molar-refractivity contribution in [2.75, 3.05) is 12.3 Å². The van der Waals surface area contributed by atoms with Crippen LogP contribution in [-0.2, 0) is 9.59 Å². The Balaban J connectivity index is 0.00000324. The molecule has 1 unspecified atom stereocenters. The van der Waals surface area contributed by atoms with Crippen molar-refractivity contribution in [3.8, 4) is 0 Å². The summed E-state index contributed by atoms with van der Waals surface area (Å²) < 4.78 is 0. The van der Waals surface area contributed by atoms with Gasteiger partial charge in [0.1, 0.15) is 0 Å². The number of hydrogen-bond acceptors (Lipinski definition) is 4. The highest BCUT2D eigenvalue weighted by molar-refractivity contribution is 7.99. The Morgan fingerprint density at radius 3 is 2.47 bits per heavy atom. The summed E-state index contributed by atoms with van der Waals surface area (Å²) in [5.74, 6) is -0.169. The molecule has 0 aliphatic rings. The summed E-state index contributed by atoms with van der Waals surface area (Å²) in [7, 11) is 0. The molecule has 0 aliphatic heterocycles. The van der Waals surface area contributed by atoms with Gasteiger partial charge in [0.25, 0.3) is 0 Å². The monoisotopic (exact) mass is 303 g/mol. The van der Waals surface area contributed by atoms with Crippen LogP contribution in [0, 0.1) is 0 Å². The Kier molecular flexibility index (Phi) is 9.03. The number of primary amides is 1. The van der Waals surface area contributed by atoms with Gasteiger partial charge in [-0.3, -0.25) is 9.59 Å². The highest BCUT2D eigenvalue weighted by Gasteiger charge is 2.14. The minimum atomic E-state index is -0.857. The van der Waals surface area contributed by atoms with Crippen molar-refractivity contribution in [2.45, 2.75) is 17.4 Å². The first-order valence-electron chi connectivity index (χ1n) is 5.59. The Labute approximate surface area is 122 Å². The fourth-order valence-corrected chi connectivity index (χ4v) is 2.09. The van der Waals surface area contributed by atoms with E-state index in [9.17, 15) is 9.59 Å². The van der Waals surface area contributed by atoms with Crippen molar-refractivity contribution in [1.82, 2.24) is 5.32 Å². The molecule has 0 aliphatic carbocycles. The maximum atomic E-state index is 11.4. The smallest absolute Gasteiger partial charge is 0.237 e. The number of nitrogens with one attached hydrogen (secondary N) is 1. The molecular formula is C12H18ClN3O2S. The summed E-state index contributed by atoms with van der Waals surface area (Å²) in [6, 6.07) is 9.03. The molecule has 0 spiro atoms. The van der Waals surface area contributed by atoms with Crippen LogP contribution in [-0.4, -0.2) is 30.2 Å². The fraction of sp³-hybridized carbons (Fsp3) is 0.333. The van der Waals surface area contributed by atoms with Gasteiger partial charge in [-0.05, 0) is 12.1 Å². The topological polar surface area (TPSA) is 98.2 Å². The first-order chi connectivity index (χ1) is 8.59. The summed E-state index contributed by atoms with van der Waals surface area (Å²) in [4.78, 5) is 23.2. The van der Waals surface area contributed by atoms with Crippen LogP contribution >= 0.6 is 24.2 Å². The van der Waals surface area contributed by atoms with Crippen LogP contribution in [0.5, 0.6) is 0 Å². The van der Waals surface area contributed by atoms with Gasteiger partial charge in [0.05, 0.1) is 12.5 Å². The molecule has 1 aromatic carbocycles. The van der Waals surface area contributed by atoms with Crippen LogP contribution < -0.4 is 16.8 Å². The maximum Gasteiger partial charge on any atom is 0.237 e. The second-order valence-corrected chi connectivity index (χ2v) is 4.90. The predicted octanol–water partition coefficient (Wildman–Crippen LogP) is 0.519. The van der Waals surface area contributed by atoms with Crippen molar-refractivity contribution in [3.05, 3.63) is 30.3 Å². The minimum absolute atomic E-state index is 0. The molecule has 0 saturated heterocycles. The summed E-state index contributed by atoms with van der Waals surface area (Å²) in [6.45, 7) is 0.505. The number of carbonyl (C=O) groups is 2. The quantitative estimate of drug-likeness (QED) is 0.505. The van der Waals surface area contributed by atoms with Crippen molar-refractivity contribution in [1.29, 1.82) is 0 Å². The van der Waals surface area contributed by atoms with E-state index in [4.69, 9.17) is 11.5 Å². The standard InChI is InChI=1S/C12H17N3O2S.ClH/c13-10(8-11(14)16)12(17)15-6-7-18-9-4-2-1-3-5-9;/h1-5,10H,6-8,13H2,(H2,14,16)(H,15,17);1H. The molecule has 1 atom stereocenters. The molecule has 2 amide bonds. The Bertz CT molecular complexity index is 403. The number of hydrogen-bond donors (Lipinski definition) is 3. The van der Waals surface area contributed by atoms with Crippen LogP contribution in [0.2, 0.25) is 0 Å². The molecule has 5 N–H and O–H groups in total. The van der Waals surface area contributed by atoms with E-state index < -0.39 is 11.9 Å². The van der Waals surface area contributed by atoms with Crippen LogP contribution in [0.1, 0.15) is 6.42 Å². The Morgan fingerprint density at radius 1 is 1.26 bits per heavy atom. The molecule has 19 heavy (non-hydrogen) atoms. The van der Waals surface area contributed by atoms with E-state index in [1.54, 1.807) is 11.8 Å². The van der Waals surface area contributed by atoms with E-state index in [1.165, 1.54) is 0 Å². The van der Waals surface area contributed by atoms with E-state index in [1.807, 2.05) is 30.3 Å². The minimum Gasteiger partial charge on any atom is -0.370 e.